The number of hydrogen-bond donors (Lipinski definition) is 2. The zero-order valence-electron chi connectivity index (χ0n) is 12.2. The molecule has 0 aromatic heterocycles. The number of nitro benzene ring substituents is 1. The summed E-state index contributed by atoms with van der Waals surface area (Å²) in [5.74, 6) is -1.05. The van der Waals surface area contributed by atoms with Gasteiger partial charge in [0.05, 0.1) is 11.0 Å². The Kier molecular flexibility index (Phi) is 5.28. The van der Waals surface area contributed by atoms with Crippen molar-refractivity contribution < 1.29 is 19.6 Å². The first-order valence-corrected chi connectivity index (χ1v) is 7.00. The summed E-state index contributed by atoms with van der Waals surface area (Å²) in [5, 5.41) is 31.9. The van der Waals surface area contributed by atoms with E-state index in [-0.39, 0.29) is 17.2 Å². The minimum absolute atomic E-state index is 0.0475. The fourth-order valence-electron chi connectivity index (χ4n) is 2.20. The Morgan fingerprint density at radius 2 is 2.39 bits per heavy atom. The normalized spacial score (nSPS) is 17.5. The van der Waals surface area contributed by atoms with Gasteiger partial charge in [-0.25, -0.2) is 0 Å². The largest absolute Gasteiger partial charge is 0.502 e. The zero-order valence-corrected chi connectivity index (χ0v) is 12.2. The van der Waals surface area contributed by atoms with Crippen LogP contribution in [-0.4, -0.2) is 35.2 Å². The molecule has 1 amide bonds. The molecule has 0 saturated carbocycles. The molecular weight excluding hydrogens is 302 g/mol. The number of aromatic hydroxyl groups is 1. The summed E-state index contributed by atoms with van der Waals surface area (Å²) < 4.78 is 5.37. The molecule has 23 heavy (non-hydrogen) atoms. The molecule has 1 atom stereocenters. The number of nitrogens with zero attached hydrogens (tertiary/aromatic N) is 2. The molecule has 0 bridgehead atoms. The molecule has 1 fully saturated rings. The first-order valence-electron chi connectivity index (χ1n) is 7.00. The van der Waals surface area contributed by atoms with Crippen molar-refractivity contribution in [2.45, 2.75) is 18.9 Å². The van der Waals surface area contributed by atoms with Gasteiger partial charge in [-0.15, -0.1) is 0 Å². The Labute approximate surface area is 132 Å². The average molecular weight is 317 g/mol. The van der Waals surface area contributed by atoms with Gasteiger partial charge in [-0.1, -0.05) is 6.07 Å². The van der Waals surface area contributed by atoms with Gasteiger partial charge in [0.2, 0.25) is 0 Å². The Bertz CT molecular complexity index is 687. The number of nitriles is 1. The van der Waals surface area contributed by atoms with Crippen molar-refractivity contribution in [2.75, 3.05) is 13.2 Å². The highest BCUT2D eigenvalue weighted by atomic mass is 16.6. The standard InChI is InChI=1S/C15H15N3O5/c16-8-11(15(20)17-9-12-2-1-5-23-12)6-10-3-4-14(19)13(7-10)18(21)22/h3-4,6-7,12,19H,1-2,5,9H2,(H,17,20)/b11-6+/t12-/m0/s1. The molecule has 8 heteroatoms. The summed E-state index contributed by atoms with van der Waals surface area (Å²) in [6.07, 6.45) is 2.99. The third-order valence-corrected chi connectivity index (χ3v) is 3.39. The monoisotopic (exact) mass is 317 g/mol. The van der Waals surface area contributed by atoms with Crippen molar-refractivity contribution in [3.05, 3.63) is 39.4 Å². The number of nitro groups is 1. The van der Waals surface area contributed by atoms with E-state index in [2.05, 4.69) is 5.32 Å². The molecule has 0 radical (unpaired) electrons. The van der Waals surface area contributed by atoms with E-state index < -0.39 is 22.3 Å². The number of phenolic OH excluding ortho intramolecular Hbond substituents is 1. The highest BCUT2D eigenvalue weighted by molar-refractivity contribution is 6.01. The first-order chi connectivity index (χ1) is 11.0. The predicted octanol–water partition coefficient (Wildman–Crippen LogP) is 1.50. The Morgan fingerprint density at radius 1 is 1.61 bits per heavy atom. The molecule has 1 aromatic rings. The number of nitrogens with one attached hydrogen (secondary N) is 1. The first kappa shape index (κ1) is 16.5. The quantitative estimate of drug-likeness (QED) is 0.367. The Morgan fingerprint density at radius 3 is 3.00 bits per heavy atom. The van der Waals surface area contributed by atoms with Crippen LogP contribution in [0.25, 0.3) is 6.08 Å². The minimum Gasteiger partial charge on any atom is -0.502 e. The van der Waals surface area contributed by atoms with Crippen LogP contribution in [0.3, 0.4) is 0 Å². The molecule has 2 N–H and O–H groups in total. The van der Waals surface area contributed by atoms with Gasteiger partial charge in [0, 0.05) is 19.2 Å². The van der Waals surface area contributed by atoms with Gasteiger partial charge >= 0.3 is 5.69 Å². The Hall–Kier alpha value is -2.92. The summed E-state index contributed by atoms with van der Waals surface area (Å²) in [4.78, 5) is 22.0. The predicted molar refractivity (Wildman–Crippen MR) is 80.3 cm³/mol. The topological polar surface area (TPSA) is 125 Å². The van der Waals surface area contributed by atoms with Gasteiger partial charge in [0.15, 0.2) is 5.75 Å². The fourth-order valence-corrected chi connectivity index (χ4v) is 2.20. The lowest BCUT2D eigenvalue weighted by molar-refractivity contribution is -0.385. The third kappa shape index (κ3) is 4.28. The van der Waals surface area contributed by atoms with Crippen LogP contribution in [0.5, 0.6) is 5.75 Å². The molecule has 2 rings (SSSR count). The van der Waals surface area contributed by atoms with Crippen molar-refractivity contribution in [3.8, 4) is 11.8 Å². The third-order valence-electron chi connectivity index (χ3n) is 3.39. The number of ether oxygens (including phenoxy) is 1. The van der Waals surface area contributed by atoms with E-state index in [1.54, 1.807) is 6.07 Å². The van der Waals surface area contributed by atoms with Crippen molar-refractivity contribution in [3.63, 3.8) is 0 Å². The smallest absolute Gasteiger partial charge is 0.311 e. The van der Waals surface area contributed by atoms with Crippen LogP contribution in [0.1, 0.15) is 18.4 Å². The van der Waals surface area contributed by atoms with Crippen molar-refractivity contribution >= 4 is 17.7 Å². The molecule has 1 aliphatic heterocycles. The van der Waals surface area contributed by atoms with Gasteiger partial charge in [-0.3, -0.25) is 14.9 Å². The second-order valence-electron chi connectivity index (χ2n) is 5.02. The van der Waals surface area contributed by atoms with Gasteiger partial charge in [0.1, 0.15) is 11.6 Å². The number of benzene rings is 1. The molecule has 0 spiro atoms. The molecule has 1 saturated heterocycles. The van der Waals surface area contributed by atoms with E-state index in [4.69, 9.17) is 10.00 Å². The van der Waals surface area contributed by atoms with Gasteiger partial charge in [0.25, 0.3) is 5.91 Å². The van der Waals surface area contributed by atoms with Crippen LogP contribution >= 0.6 is 0 Å². The maximum Gasteiger partial charge on any atom is 0.311 e. The van der Waals surface area contributed by atoms with Crippen LogP contribution in [-0.2, 0) is 9.53 Å². The number of carbonyl (C=O) groups excluding carboxylic acids is 1. The van der Waals surface area contributed by atoms with E-state index in [9.17, 15) is 20.0 Å². The molecule has 0 unspecified atom stereocenters. The second kappa shape index (κ2) is 7.38. The van der Waals surface area contributed by atoms with E-state index in [1.165, 1.54) is 12.1 Å². The fraction of sp³-hybridized carbons (Fsp3) is 0.333. The summed E-state index contributed by atoms with van der Waals surface area (Å²) in [6.45, 7) is 0.978. The van der Waals surface area contributed by atoms with E-state index in [0.717, 1.165) is 25.0 Å². The van der Waals surface area contributed by atoms with Crippen molar-refractivity contribution in [1.29, 1.82) is 5.26 Å². The van der Waals surface area contributed by atoms with Crippen LogP contribution in [0, 0.1) is 21.4 Å². The molecule has 0 aliphatic carbocycles. The van der Waals surface area contributed by atoms with E-state index >= 15 is 0 Å². The summed E-state index contributed by atoms with van der Waals surface area (Å²) in [6, 6.07) is 5.39. The number of phenols is 1. The number of carbonyl (C=O) groups is 1. The van der Waals surface area contributed by atoms with E-state index in [0.29, 0.717) is 13.2 Å². The number of rotatable bonds is 5. The molecule has 1 aromatic carbocycles. The maximum atomic E-state index is 12.0. The number of hydrogen-bond acceptors (Lipinski definition) is 6. The van der Waals surface area contributed by atoms with Crippen LogP contribution < -0.4 is 5.32 Å². The lowest BCUT2D eigenvalue weighted by Gasteiger charge is -2.10. The highest BCUT2D eigenvalue weighted by Gasteiger charge is 2.18. The van der Waals surface area contributed by atoms with Crippen LogP contribution in [0.4, 0.5) is 5.69 Å². The Balaban J connectivity index is 2.11. The maximum absolute atomic E-state index is 12.0. The van der Waals surface area contributed by atoms with Crippen molar-refractivity contribution in [2.24, 2.45) is 0 Å². The molecule has 1 aliphatic rings. The lowest BCUT2D eigenvalue weighted by atomic mass is 10.1. The summed E-state index contributed by atoms with van der Waals surface area (Å²) in [7, 11) is 0. The zero-order chi connectivity index (χ0) is 16.8. The minimum atomic E-state index is -0.740. The van der Waals surface area contributed by atoms with Gasteiger partial charge in [-0.05, 0) is 30.5 Å². The number of amides is 1. The van der Waals surface area contributed by atoms with Crippen LogP contribution in [0.2, 0.25) is 0 Å². The summed E-state index contributed by atoms with van der Waals surface area (Å²) in [5.41, 5.74) is -0.392. The van der Waals surface area contributed by atoms with Gasteiger partial charge < -0.3 is 15.2 Å². The SMILES string of the molecule is N#C/C(=C\c1ccc(O)c([N+](=O)[O-])c1)C(=O)NC[C@@H]1CCCO1. The van der Waals surface area contributed by atoms with Gasteiger partial charge in [-0.2, -0.15) is 5.26 Å². The molecule has 120 valence electrons. The van der Waals surface area contributed by atoms with Crippen LogP contribution in [0.15, 0.2) is 23.8 Å². The second-order valence-corrected chi connectivity index (χ2v) is 5.02. The summed E-state index contributed by atoms with van der Waals surface area (Å²) >= 11 is 0. The average Bonchev–Trinajstić information content (AvgIpc) is 3.04. The van der Waals surface area contributed by atoms with Crippen molar-refractivity contribution in [1.82, 2.24) is 5.32 Å². The lowest BCUT2D eigenvalue weighted by Crippen LogP contribution is -2.32. The molecule has 8 nitrogen and oxygen atoms in total. The van der Waals surface area contributed by atoms with E-state index in [1.807, 2.05) is 0 Å². The molecular formula is C15H15N3O5. The molecule has 1 heterocycles. The highest BCUT2D eigenvalue weighted by Crippen LogP contribution is 2.27.